The third kappa shape index (κ3) is 2.82. The molecule has 26 heavy (non-hydrogen) atoms. The van der Waals surface area contributed by atoms with Crippen molar-refractivity contribution in [3.63, 3.8) is 0 Å². The van der Waals surface area contributed by atoms with Crippen molar-refractivity contribution in [2.45, 2.75) is 81.2 Å². The highest BCUT2D eigenvalue weighted by atomic mass is 32.2. The van der Waals surface area contributed by atoms with Crippen LogP contribution in [0.3, 0.4) is 0 Å². The van der Waals surface area contributed by atoms with Crippen molar-refractivity contribution < 1.29 is 9.22 Å². The molecule has 3 aliphatic carbocycles. The van der Waals surface area contributed by atoms with Crippen LogP contribution in [0.2, 0.25) is 18.1 Å². The number of carbonyl (C=O) groups excluding carboxylic acids is 1. The third-order valence-electron chi connectivity index (χ3n) is 7.88. The van der Waals surface area contributed by atoms with Gasteiger partial charge in [-0.1, -0.05) is 26.8 Å². The number of hydrogen-bond donors (Lipinski definition) is 0. The molecular weight excluding hydrogens is 376 g/mol. The normalized spacial score (nSPS) is 39.3. The smallest absolute Gasteiger partial charge is 0.192 e. The maximum Gasteiger partial charge on any atom is 0.192 e. The van der Waals surface area contributed by atoms with Crippen LogP contribution < -0.4 is 0 Å². The van der Waals surface area contributed by atoms with Crippen LogP contribution in [0.4, 0.5) is 0 Å². The fourth-order valence-corrected chi connectivity index (χ4v) is 11.0. The van der Waals surface area contributed by atoms with Gasteiger partial charge in [-0.3, -0.25) is 4.79 Å². The van der Waals surface area contributed by atoms with Crippen LogP contribution in [0.25, 0.3) is 0 Å². The lowest BCUT2D eigenvalue weighted by atomic mass is 9.67. The van der Waals surface area contributed by atoms with Gasteiger partial charge in [0.15, 0.2) is 14.1 Å². The Morgan fingerprint density at radius 2 is 1.88 bits per heavy atom. The van der Waals surface area contributed by atoms with E-state index in [0.29, 0.717) is 27.8 Å². The van der Waals surface area contributed by atoms with Crippen LogP contribution in [0, 0.1) is 17.3 Å². The molecule has 0 unspecified atom stereocenters. The summed E-state index contributed by atoms with van der Waals surface area (Å²) in [7, 11) is -1.82. The molecular formula is C21H34O2S2Si. The van der Waals surface area contributed by atoms with Crippen molar-refractivity contribution in [2.24, 2.45) is 17.3 Å². The van der Waals surface area contributed by atoms with Crippen LogP contribution >= 0.6 is 23.5 Å². The molecule has 2 nitrogen and oxygen atoms in total. The first kappa shape index (κ1) is 19.6. The van der Waals surface area contributed by atoms with E-state index in [-0.39, 0.29) is 10.5 Å². The number of rotatable bonds is 2. The highest BCUT2D eigenvalue weighted by molar-refractivity contribution is 8.18. The molecule has 2 saturated carbocycles. The number of allylic oxidation sites excluding steroid dienone is 1. The maximum absolute atomic E-state index is 12.3. The van der Waals surface area contributed by atoms with Crippen LogP contribution in [-0.2, 0) is 9.22 Å². The third-order valence-corrected chi connectivity index (χ3v) is 15.9. The zero-order valence-corrected chi connectivity index (χ0v) is 19.6. The zero-order valence-electron chi connectivity index (χ0n) is 17.0. The van der Waals surface area contributed by atoms with E-state index >= 15 is 0 Å². The van der Waals surface area contributed by atoms with Gasteiger partial charge in [0.2, 0.25) is 0 Å². The fourth-order valence-electron chi connectivity index (χ4n) is 5.61. The van der Waals surface area contributed by atoms with Crippen molar-refractivity contribution in [1.29, 1.82) is 0 Å². The van der Waals surface area contributed by atoms with Gasteiger partial charge in [0.1, 0.15) is 0 Å². The fraction of sp³-hybridized carbons (Fsp3) is 0.857. The Morgan fingerprint density at radius 3 is 2.54 bits per heavy atom. The van der Waals surface area contributed by atoms with Gasteiger partial charge in [-0.05, 0) is 73.2 Å². The molecule has 146 valence electrons. The average Bonchev–Trinajstić information content (AvgIpc) is 3.01. The minimum absolute atomic E-state index is 0.112. The number of hydrogen-bond acceptors (Lipinski definition) is 4. The van der Waals surface area contributed by atoms with Gasteiger partial charge in [0.25, 0.3) is 0 Å². The Labute approximate surface area is 168 Å². The average molecular weight is 411 g/mol. The lowest BCUT2D eigenvalue weighted by Crippen LogP contribution is -2.50. The zero-order chi connectivity index (χ0) is 18.8. The molecule has 2 spiro atoms. The molecule has 5 heteroatoms. The number of ketones is 1. The SMILES string of the molecule is CC(C)(C)[Si](C)(C)O[C@@H]1CC[C@@H]2C3(C[C@H]4CC(=O)C=C[C@@]421)SCCCS3. The minimum atomic E-state index is -1.82. The van der Waals surface area contributed by atoms with Crippen LogP contribution in [-0.4, -0.2) is 35.8 Å². The molecule has 0 amide bonds. The summed E-state index contributed by atoms with van der Waals surface area (Å²) >= 11 is 4.42. The van der Waals surface area contributed by atoms with Crippen molar-refractivity contribution in [1.82, 2.24) is 0 Å². The van der Waals surface area contributed by atoms with E-state index < -0.39 is 8.32 Å². The molecule has 0 aromatic carbocycles. The maximum atomic E-state index is 12.3. The van der Waals surface area contributed by atoms with Gasteiger partial charge in [0, 0.05) is 11.8 Å². The second-order valence-electron chi connectivity index (χ2n) is 10.3. The molecule has 4 aliphatic rings. The lowest BCUT2D eigenvalue weighted by molar-refractivity contribution is -0.117. The lowest BCUT2D eigenvalue weighted by Gasteiger charge is -2.47. The first-order chi connectivity index (χ1) is 12.1. The summed E-state index contributed by atoms with van der Waals surface area (Å²) < 4.78 is 7.40. The standard InChI is InChI=1S/C21H34O2S2Si/c1-19(2,3)26(4,5)23-18-8-7-17-20(18)10-9-16(22)13-15(20)14-21(17)24-11-6-12-25-21/h9-10,15,17-18H,6-8,11-14H2,1-5H3/t15-,17+,18-,20-/m1/s1. The Kier molecular flexibility index (Phi) is 4.82. The van der Waals surface area contributed by atoms with Crippen molar-refractivity contribution in [2.75, 3.05) is 11.5 Å². The summed E-state index contributed by atoms with van der Waals surface area (Å²) in [6.07, 6.45) is 10.3. The molecule has 0 aromatic heterocycles. The van der Waals surface area contributed by atoms with Gasteiger partial charge < -0.3 is 4.43 Å². The highest BCUT2D eigenvalue weighted by Gasteiger charge is 2.68. The molecule has 4 atom stereocenters. The van der Waals surface area contributed by atoms with Crippen molar-refractivity contribution in [3.8, 4) is 0 Å². The van der Waals surface area contributed by atoms with E-state index in [9.17, 15) is 4.79 Å². The first-order valence-electron chi connectivity index (χ1n) is 10.3. The van der Waals surface area contributed by atoms with Crippen molar-refractivity contribution >= 4 is 37.6 Å². The summed E-state index contributed by atoms with van der Waals surface area (Å²) in [6.45, 7) is 11.8. The van der Waals surface area contributed by atoms with Crippen LogP contribution in [0.15, 0.2) is 12.2 Å². The van der Waals surface area contributed by atoms with E-state index in [1.165, 1.54) is 37.2 Å². The molecule has 4 rings (SSSR count). The summed E-state index contributed by atoms with van der Waals surface area (Å²) in [5.41, 5.74) is 0.112. The Morgan fingerprint density at radius 1 is 1.19 bits per heavy atom. The van der Waals surface area contributed by atoms with Crippen LogP contribution in [0.5, 0.6) is 0 Å². The molecule has 1 heterocycles. The van der Waals surface area contributed by atoms with E-state index in [2.05, 4.69) is 63.5 Å². The molecule has 1 saturated heterocycles. The Hall–Kier alpha value is 0.287. The topological polar surface area (TPSA) is 26.3 Å². The van der Waals surface area contributed by atoms with E-state index in [1.807, 2.05) is 6.08 Å². The Bertz CT molecular complexity index is 618. The first-order valence-corrected chi connectivity index (χ1v) is 15.2. The monoisotopic (exact) mass is 410 g/mol. The largest absolute Gasteiger partial charge is 0.413 e. The van der Waals surface area contributed by atoms with Gasteiger partial charge in [0.05, 0.1) is 10.2 Å². The summed E-state index contributed by atoms with van der Waals surface area (Å²) in [5, 5.41) is 0.232. The van der Waals surface area contributed by atoms with E-state index in [4.69, 9.17) is 4.43 Å². The molecule has 3 fully saturated rings. The quantitative estimate of drug-likeness (QED) is 0.530. The number of thioether (sulfide) groups is 2. The summed E-state index contributed by atoms with van der Waals surface area (Å²) in [6, 6.07) is 0. The predicted octanol–water partition coefficient (Wildman–Crippen LogP) is 5.89. The summed E-state index contributed by atoms with van der Waals surface area (Å²) in [4.78, 5) is 12.3. The highest BCUT2D eigenvalue weighted by Crippen LogP contribution is 2.72. The van der Waals surface area contributed by atoms with E-state index in [1.54, 1.807) is 0 Å². The molecule has 0 radical (unpaired) electrons. The predicted molar refractivity (Wildman–Crippen MR) is 116 cm³/mol. The minimum Gasteiger partial charge on any atom is -0.413 e. The molecule has 0 N–H and O–H groups in total. The van der Waals surface area contributed by atoms with Gasteiger partial charge in [-0.15, -0.1) is 23.5 Å². The number of carbonyl (C=O) groups is 1. The van der Waals surface area contributed by atoms with Crippen LogP contribution in [0.1, 0.15) is 52.9 Å². The second kappa shape index (κ2) is 6.40. The molecule has 0 bridgehead atoms. The summed E-state index contributed by atoms with van der Waals surface area (Å²) in [5.74, 6) is 4.07. The second-order valence-corrected chi connectivity index (χ2v) is 18.1. The molecule has 0 aromatic rings. The number of fused-ring (bicyclic) bond motifs is 1. The van der Waals surface area contributed by atoms with Gasteiger partial charge >= 0.3 is 0 Å². The Balaban J connectivity index is 1.71. The van der Waals surface area contributed by atoms with Crippen molar-refractivity contribution in [3.05, 3.63) is 12.2 Å². The van der Waals surface area contributed by atoms with Gasteiger partial charge in [-0.25, -0.2) is 0 Å². The van der Waals surface area contributed by atoms with Gasteiger partial charge in [-0.2, -0.15) is 0 Å². The molecule has 1 aliphatic heterocycles. The van der Waals surface area contributed by atoms with E-state index in [0.717, 1.165) is 6.42 Å².